The predicted molar refractivity (Wildman–Crippen MR) is 83.4 cm³/mol. The molecule has 0 saturated heterocycles. The van der Waals surface area contributed by atoms with E-state index in [1.807, 2.05) is 13.0 Å². The van der Waals surface area contributed by atoms with Crippen molar-refractivity contribution in [1.29, 1.82) is 0 Å². The minimum Gasteiger partial charge on any atom is -0.506 e. The number of carbonyl (C=O) groups is 1. The predicted octanol–water partition coefficient (Wildman–Crippen LogP) is 2.98. The number of nitrogens with one attached hydrogen (secondary N) is 1. The van der Waals surface area contributed by atoms with Gasteiger partial charge >= 0.3 is 0 Å². The van der Waals surface area contributed by atoms with E-state index in [2.05, 4.69) is 5.32 Å². The number of hydrogen-bond donors (Lipinski definition) is 3. The molecule has 5 heteroatoms. The minimum atomic E-state index is -0.785. The number of rotatable bonds is 3. The monoisotopic (exact) mass is 298 g/mol. The molecule has 1 amide bonds. The van der Waals surface area contributed by atoms with Crippen LogP contribution in [0.4, 0.5) is 5.69 Å². The maximum atomic E-state index is 12.3. The SMILES string of the molecule is CCc1ccc(O)c(NC(=O)C2(N)CCCCC2)c1.Cl. The average Bonchev–Trinajstić information content (AvgIpc) is 2.42. The zero-order chi connectivity index (χ0) is 13.9. The Morgan fingerprint density at radius 3 is 2.60 bits per heavy atom. The summed E-state index contributed by atoms with van der Waals surface area (Å²) in [6.45, 7) is 2.03. The number of phenolic OH excluding ortho intramolecular Hbond substituents is 1. The van der Waals surface area contributed by atoms with E-state index >= 15 is 0 Å². The molecule has 1 saturated carbocycles. The molecule has 1 aromatic carbocycles. The number of aryl methyl sites for hydroxylation is 1. The standard InChI is InChI=1S/C15H22N2O2.ClH/c1-2-11-6-7-13(18)12(10-11)17-14(19)15(16)8-4-3-5-9-15;/h6-7,10,18H,2-5,8-9,16H2,1H3,(H,17,19);1H. The van der Waals surface area contributed by atoms with Gasteiger partial charge in [-0.05, 0) is 37.0 Å². The van der Waals surface area contributed by atoms with E-state index in [1.165, 1.54) is 0 Å². The van der Waals surface area contributed by atoms with E-state index in [4.69, 9.17) is 5.73 Å². The highest BCUT2D eigenvalue weighted by Gasteiger charge is 2.35. The van der Waals surface area contributed by atoms with Gasteiger partial charge in [-0.25, -0.2) is 0 Å². The van der Waals surface area contributed by atoms with Crippen LogP contribution in [0.5, 0.6) is 5.75 Å². The van der Waals surface area contributed by atoms with Crippen LogP contribution in [0.1, 0.15) is 44.6 Å². The van der Waals surface area contributed by atoms with Crippen molar-refractivity contribution in [3.8, 4) is 5.75 Å². The molecule has 4 N–H and O–H groups in total. The average molecular weight is 299 g/mol. The molecule has 1 aliphatic rings. The highest BCUT2D eigenvalue weighted by Crippen LogP contribution is 2.30. The summed E-state index contributed by atoms with van der Waals surface area (Å²) in [4.78, 5) is 12.3. The van der Waals surface area contributed by atoms with Crippen LogP contribution >= 0.6 is 12.4 Å². The number of carbonyl (C=O) groups excluding carboxylic acids is 1. The maximum absolute atomic E-state index is 12.3. The Balaban J connectivity index is 0.00000200. The van der Waals surface area contributed by atoms with Gasteiger partial charge in [0, 0.05) is 0 Å². The van der Waals surface area contributed by atoms with Gasteiger partial charge in [0.25, 0.3) is 0 Å². The molecule has 1 aromatic rings. The second-order valence-corrected chi connectivity index (χ2v) is 5.38. The van der Waals surface area contributed by atoms with Crippen molar-refractivity contribution in [1.82, 2.24) is 0 Å². The van der Waals surface area contributed by atoms with E-state index in [1.54, 1.807) is 12.1 Å². The van der Waals surface area contributed by atoms with Crippen molar-refractivity contribution in [3.05, 3.63) is 23.8 Å². The Hall–Kier alpha value is -1.26. The summed E-state index contributed by atoms with van der Waals surface area (Å²) in [5.41, 5.74) is 6.92. The lowest BCUT2D eigenvalue weighted by Crippen LogP contribution is -2.52. The first-order valence-electron chi connectivity index (χ1n) is 6.97. The summed E-state index contributed by atoms with van der Waals surface area (Å²) in [6.07, 6.45) is 5.41. The molecule has 112 valence electrons. The third-order valence-electron chi connectivity index (χ3n) is 3.92. The Morgan fingerprint density at radius 1 is 1.35 bits per heavy atom. The molecule has 0 aromatic heterocycles. The highest BCUT2D eigenvalue weighted by atomic mass is 35.5. The zero-order valence-electron chi connectivity index (χ0n) is 11.8. The fourth-order valence-electron chi connectivity index (χ4n) is 2.56. The quantitative estimate of drug-likeness (QED) is 0.751. The molecule has 20 heavy (non-hydrogen) atoms. The van der Waals surface area contributed by atoms with Crippen LogP contribution in [-0.4, -0.2) is 16.6 Å². The number of nitrogens with two attached hydrogens (primary N) is 1. The Bertz CT molecular complexity index is 471. The highest BCUT2D eigenvalue weighted by molar-refractivity contribution is 5.99. The topological polar surface area (TPSA) is 75.3 Å². The Morgan fingerprint density at radius 2 is 2.00 bits per heavy atom. The van der Waals surface area contributed by atoms with E-state index in [0.29, 0.717) is 18.5 Å². The third-order valence-corrected chi connectivity index (χ3v) is 3.92. The largest absolute Gasteiger partial charge is 0.506 e. The van der Waals surface area contributed by atoms with Crippen LogP contribution < -0.4 is 11.1 Å². The first-order valence-corrected chi connectivity index (χ1v) is 6.97. The second kappa shape index (κ2) is 6.95. The van der Waals surface area contributed by atoms with Crippen molar-refractivity contribution in [2.24, 2.45) is 5.73 Å². The molecular formula is C15H23ClN2O2. The maximum Gasteiger partial charge on any atom is 0.244 e. The first-order chi connectivity index (χ1) is 9.05. The molecule has 0 radical (unpaired) electrons. The van der Waals surface area contributed by atoms with Gasteiger partial charge in [0.2, 0.25) is 5.91 Å². The molecule has 0 unspecified atom stereocenters. The fraction of sp³-hybridized carbons (Fsp3) is 0.533. The van der Waals surface area contributed by atoms with Crippen molar-refractivity contribution in [3.63, 3.8) is 0 Å². The van der Waals surface area contributed by atoms with Gasteiger partial charge in [-0.3, -0.25) is 4.79 Å². The van der Waals surface area contributed by atoms with E-state index in [-0.39, 0.29) is 24.1 Å². The summed E-state index contributed by atoms with van der Waals surface area (Å²) in [5.74, 6) is -0.0966. The summed E-state index contributed by atoms with van der Waals surface area (Å²) in [5, 5.41) is 12.6. The zero-order valence-corrected chi connectivity index (χ0v) is 12.6. The number of hydrogen-bond acceptors (Lipinski definition) is 3. The van der Waals surface area contributed by atoms with Crippen molar-refractivity contribution >= 4 is 24.0 Å². The van der Waals surface area contributed by atoms with Gasteiger partial charge in [0.05, 0.1) is 11.2 Å². The first kappa shape index (κ1) is 16.8. The van der Waals surface area contributed by atoms with Crippen LogP contribution in [0.15, 0.2) is 18.2 Å². The molecule has 4 nitrogen and oxygen atoms in total. The van der Waals surface area contributed by atoms with Gasteiger partial charge in [-0.15, -0.1) is 12.4 Å². The number of amides is 1. The van der Waals surface area contributed by atoms with E-state index in [0.717, 1.165) is 31.2 Å². The van der Waals surface area contributed by atoms with Crippen LogP contribution in [0.25, 0.3) is 0 Å². The van der Waals surface area contributed by atoms with Crippen LogP contribution in [0.3, 0.4) is 0 Å². The number of halogens is 1. The minimum absolute atomic E-state index is 0. The fourth-order valence-corrected chi connectivity index (χ4v) is 2.56. The Labute approximate surface area is 126 Å². The van der Waals surface area contributed by atoms with Crippen molar-refractivity contribution in [2.75, 3.05) is 5.32 Å². The third kappa shape index (κ3) is 3.64. The summed E-state index contributed by atoms with van der Waals surface area (Å²) in [7, 11) is 0. The normalized spacial score (nSPS) is 17.1. The summed E-state index contributed by atoms with van der Waals surface area (Å²) >= 11 is 0. The molecule has 0 atom stereocenters. The number of phenols is 1. The van der Waals surface area contributed by atoms with Gasteiger partial charge < -0.3 is 16.2 Å². The molecule has 0 spiro atoms. The van der Waals surface area contributed by atoms with Gasteiger partial charge in [-0.2, -0.15) is 0 Å². The van der Waals surface area contributed by atoms with Gasteiger partial charge in [0.15, 0.2) is 0 Å². The van der Waals surface area contributed by atoms with Crippen LogP contribution in [0.2, 0.25) is 0 Å². The van der Waals surface area contributed by atoms with Crippen molar-refractivity contribution in [2.45, 2.75) is 51.0 Å². The Kier molecular flexibility index (Phi) is 5.84. The lowest BCUT2D eigenvalue weighted by Gasteiger charge is -2.31. The molecular weight excluding hydrogens is 276 g/mol. The lowest BCUT2D eigenvalue weighted by molar-refractivity contribution is -0.122. The number of benzene rings is 1. The molecule has 0 bridgehead atoms. The number of anilines is 1. The van der Waals surface area contributed by atoms with E-state index < -0.39 is 5.54 Å². The second-order valence-electron chi connectivity index (χ2n) is 5.38. The summed E-state index contributed by atoms with van der Waals surface area (Å²) < 4.78 is 0. The summed E-state index contributed by atoms with van der Waals surface area (Å²) in [6, 6.07) is 5.27. The van der Waals surface area contributed by atoms with Crippen LogP contribution in [-0.2, 0) is 11.2 Å². The molecule has 0 heterocycles. The molecule has 2 rings (SSSR count). The van der Waals surface area contributed by atoms with Gasteiger partial charge in [-0.1, -0.05) is 32.3 Å². The molecule has 1 aliphatic carbocycles. The van der Waals surface area contributed by atoms with Crippen molar-refractivity contribution < 1.29 is 9.90 Å². The van der Waals surface area contributed by atoms with Gasteiger partial charge in [0.1, 0.15) is 5.75 Å². The smallest absolute Gasteiger partial charge is 0.244 e. The molecule has 1 fully saturated rings. The number of aromatic hydroxyl groups is 1. The molecule has 0 aliphatic heterocycles. The lowest BCUT2D eigenvalue weighted by atomic mass is 9.82. The van der Waals surface area contributed by atoms with Crippen LogP contribution in [0, 0.1) is 0 Å². The van der Waals surface area contributed by atoms with E-state index in [9.17, 15) is 9.90 Å².